The van der Waals surface area contributed by atoms with Gasteiger partial charge in [0.25, 0.3) is 11.8 Å². The first kappa shape index (κ1) is 24.2. The van der Waals surface area contributed by atoms with E-state index in [9.17, 15) is 14.4 Å². The number of nitrogens with one attached hydrogen (secondary N) is 2. The number of rotatable bonds is 11. The molecule has 34 heavy (non-hydrogen) atoms. The number of hydrogen-bond donors (Lipinski definition) is 2. The first-order valence-electron chi connectivity index (χ1n) is 10.5. The number of hydrogen-bond acceptors (Lipinski definition) is 9. The summed E-state index contributed by atoms with van der Waals surface area (Å²) < 4.78 is 21.2. The molecule has 1 heterocycles. The maximum Gasteiger partial charge on any atom is 0.325 e. The molecule has 3 rings (SSSR count). The normalized spacial score (nSPS) is 10.3. The van der Waals surface area contributed by atoms with Crippen molar-refractivity contribution in [1.82, 2.24) is 15.5 Å². The summed E-state index contributed by atoms with van der Waals surface area (Å²) in [4.78, 5) is 36.2. The van der Waals surface area contributed by atoms with Crippen molar-refractivity contribution in [3.8, 4) is 23.0 Å². The van der Waals surface area contributed by atoms with E-state index < -0.39 is 30.9 Å². The van der Waals surface area contributed by atoms with Crippen LogP contribution in [-0.2, 0) is 14.3 Å². The molecular weight excluding hydrogens is 444 g/mol. The molecule has 0 spiro atoms. The lowest BCUT2D eigenvalue weighted by atomic mass is 10.2. The van der Waals surface area contributed by atoms with Crippen LogP contribution in [0.5, 0.6) is 11.5 Å². The highest BCUT2D eigenvalue weighted by Crippen LogP contribution is 2.28. The fourth-order valence-corrected chi connectivity index (χ4v) is 2.77. The van der Waals surface area contributed by atoms with Gasteiger partial charge >= 0.3 is 12.0 Å². The number of carbonyl (C=O) groups excluding carboxylic acids is 3. The summed E-state index contributed by atoms with van der Waals surface area (Å²) in [7, 11) is 0. The summed E-state index contributed by atoms with van der Waals surface area (Å²) in [5.74, 6) is -0.802. The van der Waals surface area contributed by atoms with Crippen molar-refractivity contribution in [1.29, 1.82) is 0 Å². The van der Waals surface area contributed by atoms with Gasteiger partial charge in [-0.25, -0.2) is 0 Å². The average Bonchev–Trinajstić information content (AvgIpc) is 3.31. The van der Waals surface area contributed by atoms with E-state index in [-0.39, 0.29) is 17.5 Å². The smallest absolute Gasteiger partial charge is 0.325 e. The van der Waals surface area contributed by atoms with Crippen LogP contribution in [0, 0.1) is 0 Å². The van der Waals surface area contributed by atoms with E-state index in [0.29, 0.717) is 30.3 Å². The predicted molar refractivity (Wildman–Crippen MR) is 120 cm³/mol. The Labute approximate surface area is 195 Å². The Hall–Kier alpha value is -4.41. The largest absolute Gasteiger partial charge is 0.490 e. The van der Waals surface area contributed by atoms with Crippen molar-refractivity contribution < 1.29 is 33.0 Å². The first-order valence-corrected chi connectivity index (χ1v) is 10.5. The van der Waals surface area contributed by atoms with Gasteiger partial charge in [0.15, 0.2) is 18.1 Å². The second-order valence-corrected chi connectivity index (χ2v) is 6.70. The van der Waals surface area contributed by atoms with E-state index in [0.717, 1.165) is 0 Å². The van der Waals surface area contributed by atoms with E-state index in [2.05, 4.69) is 20.8 Å². The average molecular weight is 468 g/mol. The lowest BCUT2D eigenvalue weighted by molar-refractivity contribution is -0.146. The quantitative estimate of drug-likeness (QED) is 0.406. The number of aromatic nitrogens is 2. The highest BCUT2D eigenvalue weighted by atomic mass is 16.5. The second-order valence-electron chi connectivity index (χ2n) is 6.70. The van der Waals surface area contributed by atoms with E-state index >= 15 is 0 Å². The highest BCUT2D eigenvalue weighted by molar-refractivity contribution is 5.97. The third-order valence-electron chi connectivity index (χ3n) is 4.26. The van der Waals surface area contributed by atoms with Gasteiger partial charge in [0.05, 0.1) is 13.2 Å². The van der Waals surface area contributed by atoms with Crippen molar-refractivity contribution in [2.24, 2.45) is 0 Å². The number of anilines is 1. The van der Waals surface area contributed by atoms with Gasteiger partial charge in [0, 0.05) is 11.1 Å². The van der Waals surface area contributed by atoms with Crippen molar-refractivity contribution in [3.05, 3.63) is 54.1 Å². The van der Waals surface area contributed by atoms with Crippen LogP contribution in [0.25, 0.3) is 11.5 Å². The summed E-state index contributed by atoms with van der Waals surface area (Å²) >= 11 is 0. The Morgan fingerprint density at radius 2 is 1.68 bits per heavy atom. The van der Waals surface area contributed by atoms with Crippen LogP contribution in [-0.4, -0.2) is 54.3 Å². The molecule has 0 atom stereocenters. The fraction of sp³-hybridized carbons (Fsp3) is 0.261. The Morgan fingerprint density at radius 3 is 2.41 bits per heavy atom. The molecule has 0 bridgehead atoms. The summed E-state index contributed by atoms with van der Waals surface area (Å²) in [5.41, 5.74) is 0.974. The third-order valence-corrected chi connectivity index (χ3v) is 4.26. The number of benzene rings is 2. The minimum atomic E-state index is -0.796. The summed E-state index contributed by atoms with van der Waals surface area (Å²) in [6, 6.07) is 13.6. The molecule has 11 heteroatoms. The van der Waals surface area contributed by atoms with Crippen molar-refractivity contribution >= 4 is 23.8 Å². The van der Waals surface area contributed by atoms with E-state index in [1.807, 2.05) is 32.0 Å². The van der Waals surface area contributed by atoms with Crippen LogP contribution in [0.15, 0.2) is 52.9 Å². The van der Waals surface area contributed by atoms with Gasteiger partial charge < -0.3 is 23.9 Å². The zero-order valence-corrected chi connectivity index (χ0v) is 18.7. The van der Waals surface area contributed by atoms with Gasteiger partial charge in [-0.1, -0.05) is 23.3 Å². The Kier molecular flexibility index (Phi) is 8.55. The molecule has 178 valence electrons. The van der Waals surface area contributed by atoms with Crippen LogP contribution in [0.3, 0.4) is 0 Å². The molecule has 0 radical (unpaired) electrons. The topological polar surface area (TPSA) is 142 Å². The Morgan fingerprint density at radius 1 is 0.941 bits per heavy atom. The van der Waals surface area contributed by atoms with E-state index in [1.54, 1.807) is 24.3 Å². The molecule has 0 saturated carbocycles. The van der Waals surface area contributed by atoms with E-state index in [4.69, 9.17) is 18.6 Å². The minimum absolute atomic E-state index is 0.131. The molecule has 2 N–H and O–H groups in total. The van der Waals surface area contributed by atoms with Gasteiger partial charge in [-0.3, -0.25) is 19.7 Å². The summed E-state index contributed by atoms with van der Waals surface area (Å²) in [5, 5.41) is 12.3. The zero-order chi connectivity index (χ0) is 24.3. The molecular formula is C23H24N4O7. The number of amides is 2. The second kappa shape index (κ2) is 12.0. The van der Waals surface area contributed by atoms with Crippen LogP contribution in [0.4, 0.5) is 6.01 Å². The SMILES string of the molecule is CCOc1ccc(C(=O)NCC(=O)OCC(=O)Nc2nnc(-c3ccccc3)o2)cc1OCC. The molecule has 3 aromatic rings. The Bertz CT molecular complexity index is 1130. The van der Waals surface area contributed by atoms with Crippen molar-refractivity contribution in [2.75, 3.05) is 31.7 Å². The highest BCUT2D eigenvalue weighted by Gasteiger charge is 2.15. The third kappa shape index (κ3) is 6.79. The lowest BCUT2D eigenvalue weighted by Crippen LogP contribution is -2.32. The molecule has 0 aliphatic carbocycles. The molecule has 1 aromatic heterocycles. The summed E-state index contributed by atoms with van der Waals surface area (Å²) in [6.07, 6.45) is 0. The maximum absolute atomic E-state index is 12.4. The van der Waals surface area contributed by atoms with Gasteiger partial charge in [-0.15, -0.1) is 5.10 Å². The minimum Gasteiger partial charge on any atom is -0.490 e. The number of carbonyl (C=O) groups is 3. The van der Waals surface area contributed by atoms with E-state index in [1.165, 1.54) is 6.07 Å². The van der Waals surface area contributed by atoms with Gasteiger partial charge in [0.1, 0.15) is 6.54 Å². The monoisotopic (exact) mass is 468 g/mol. The van der Waals surface area contributed by atoms with Crippen LogP contribution in [0.2, 0.25) is 0 Å². The Balaban J connectivity index is 1.44. The zero-order valence-electron chi connectivity index (χ0n) is 18.7. The maximum atomic E-state index is 12.4. The molecule has 0 aliphatic heterocycles. The molecule has 2 amide bonds. The number of ether oxygens (including phenoxy) is 3. The van der Waals surface area contributed by atoms with Crippen LogP contribution in [0.1, 0.15) is 24.2 Å². The van der Waals surface area contributed by atoms with Crippen molar-refractivity contribution in [2.45, 2.75) is 13.8 Å². The first-order chi connectivity index (χ1) is 16.5. The molecule has 11 nitrogen and oxygen atoms in total. The molecule has 0 saturated heterocycles. The number of esters is 1. The predicted octanol–water partition coefficient (Wildman–Crippen LogP) is 2.45. The fourth-order valence-electron chi connectivity index (χ4n) is 2.77. The molecule has 0 aliphatic rings. The van der Waals surface area contributed by atoms with Gasteiger partial charge in [-0.05, 0) is 44.2 Å². The number of nitrogens with zero attached hydrogens (tertiary/aromatic N) is 2. The van der Waals surface area contributed by atoms with Gasteiger partial charge in [0.2, 0.25) is 5.89 Å². The van der Waals surface area contributed by atoms with Gasteiger partial charge in [-0.2, -0.15) is 0 Å². The van der Waals surface area contributed by atoms with Crippen LogP contribution < -0.4 is 20.1 Å². The molecule has 0 unspecified atom stereocenters. The van der Waals surface area contributed by atoms with Crippen molar-refractivity contribution in [3.63, 3.8) is 0 Å². The molecule has 0 fully saturated rings. The standard InChI is InChI=1S/C23H24N4O7/c1-3-31-17-11-10-16(12-18(17)32-4-2)21(30)24-13-20(29)33-14-19(28)25-23-27-26-22(34-23)15-8-6-5-7-9-15/h5-12H,3-4,13-14H2,1-2H3,(H,24,30)(H,25,27,28). The van der Waals surface area contributed by atoms with Crippen LogP contribution >= 0.6 is 0 Å². The lowest BCUT2D eigenvalue weighted by Gasteiger charge is -2.12. The summed E-state index contributed by atoms with van der Waals surface area (Å²) in [6.45, 7) is 3.49. The molecule has 2 aromatic carbocycles.